The van der Waals surface area contributed by atoms with Crippen LogP contribution in [0.2, 0.25) is 0 Å². The Balaban J connectivity index is 2.95. The third-order valence-corrected chi connectivity index (χ3v) is 4.34. The van der Waals surface area contributed by atoms with Crippen LogP contribution in [0.3, 0.4) is 0 Å². The number of hydrogen-bond acceptors (Lipinski definition) is 3. The van der Waals surface area contributed by atoms with Crippen LogP contribution in [-0.4, -0.2) is 33.9 Å². The van der Waals surface area contributed by atoms with Gasteiger partial charge >= 0.3 is 0 Å². The predicted octanol–water partition coefficient (Wildman–Crippen LogP) is 4.37. The van der Waals surface area contributed by atoms with Crippen molar-refractivity contribution >= 4 is 0 Å². The van der Waals surface area contributed by atoms with Crippen molar-refractivity contribution in [2.75, 3.05) is 33.9 Å². The quantitative estimate of drug-likeness (QED) is 0.579. The van der Waals surface area contributed by atoms with Crippen LogP contribution in [0.1, 0.15) is 51.0 Å². The number of rotatable bonds is 12. The summed E-state index contributed by atoms with van der Waals surface area (Å²) in [7, 11) is 3.26. The van der Waals surface area contributed by atoms with Gasteiger partial charge in [-0.25, -0.2) is 4.39 Å². The monoisotopic (exact) mass is 325 g/mol. The smallest absolute Gasteiger partial charge is 0.130 e. The van der Waals surface area contributed by atoms with Crippen molar-refractivity contribution in [3.05, 3.63) is 29.6 Å². The van der Waals surface area contributed by atoms with Crippen molar-refractivity contribution in [2.45, 2.75) is 45.4 Å². The number of hydrogen-bond donors (Lipinski definition) is 1. The van der Waals surface area contributed by atoms with Crippen LogP contribution in [0.15, 0.2) is 18.2 Å². The molecule has 0 fully saturated rings. The molecule has 0 saturated carbocycles. The van der Waals surface area contributed by atoms with Gasteiger partial charge in [-0.2, -0.15) is 0 Å². The van der Waals surface area contributed by atoms with Gasteiger partial charge in [0.15, 0.2) is 0 Å². The number of ether oxygens (including phenoxy) is 2. The molecular weight excluding hydrogens is 293 g/mol. The molecule has 0 aliphatic rings. The van der Waals surface area contributed by atoms with E-state index < -0.39 is 0 Å². The van der Waals surface area contributed by atoms with Crippen molar-refractivity contribution in [2.24, 2.45) is 5.92 Å². The molecule has 23 heavy (non-hydrogen) atoms. The Morgan fingerprint density at radius 2 is 1.83 bits per heavy atom. The molecule has 0 heterocycles. The zero-order valence-electron chi connectivity index (χ0n) is 15.0. The summed E-state index contributed by atoms with van der Waals surface area (Å²) in [5.41, 5.74) is 0.794. The molecule has 0 radical (unpaired) electrons. The van der Waals surface area contributed by atoms with Gasteiger partial charge in [0, 0.05) is 32.2 Å². The van der Waals surface area contributed by atoms with Crippen LogP contribution in [0.4, 0.5) is 4.39 Å². The lowest BCUT2D eigenvalue weighted by atomic mass is 9.80. The topological polar surface area (TPSA) is 30.5 Å². The second kappa shape index (κ2) is 11.4. The highest BCUT2D eigenvalue weighted by molar-refractivity contribution is 5.31. The van der Waals surface area contributed by atoms with Gasteiger partial charge in [0.25, 0.3) is 0 Å². The van der Waals surface area contributed by atoms with E-state index in [4.69, 9.17) is 9.47 Å². The molecule has 1 atom stereocenters. The fourth-order valence-corrected chi connectivity index (χ4v) is 3.19. The average Bonchev–Trinajstić information content (AvgIpc) is 2.55. The molecule has 1 rings (SSSR count). The minimum atomic E-state index is -0.167. The first-order valence-corrected chi connectivity index (χ1v) is 8.70. The van der Waals surface area contributed by atoms with Gasteiger partial charge in [-0.05, 0) is 17.5 Å². The van der Waals surface area contributed by atoms with Crippen LogP contribution >= 0.6 is 0 Å². The Hall–Kier alpha value is -1.13. The molecule has 0 amide bonds. The summed E-state index contributed by atoms with van der Waals surface area (Å²) < 4.78 is 24.8. The zero-order valence-corrected chi connectivity index (χ0v) is 15.0. The molecular formula is C19H32FNO2. The summed E-state index contributed by atoms with van der Waals surface area (Å²) in [6.45, 7) is 6.63. The molecule has 1 aromatic carbocycles. The van der Waals surface area contributed by atoms with E-state index in [1.54, 1.807) is 14.2 Å². The molecule has 3 nitrogen and oxygen atoms in total. The molecule has 4 heteroatoms. The van der Waals surface area contributed by atoms with Crippen LogP contribution in [0.25, 0.3) is 0 Å². The van der Waals surface area contributed by atoms with Crippen molar-refractivity contribution in [1.82, 2.24) is 5.32 Å². The normalized spacial score (nSPS) is 12.6. The van der Waals surface area contributed by atoms with Gasteiger partial charge < -0.3 is 14.8 Å². The molecule has 1 aromatic rings. The van der Waals surface area contributed by atoms with Crippen LogP contribution in [0, 0.1) is 11.7 Å². The largest absolute Gasteiger partial charge is 0.497 e. The van der Waals surface area contributed by atoms with Gasteiger partial charge in [-0.1, -0.05) is 45.6 Å². The number of methoxy groups -OCH3 is 2. The van der Waals surface area contributed by atoms with Crippen LogP contribution < -0.4 is 10.1 Å². The van der Waals surface area contributed by atoms with Gasteiger partial charge in [0.1, 0.15) is 11.6 Å². The van der Waals surface area contributed by atoms with Gasteiger partial charge in [0.05, 0.1) is 13.7 Å². The SMILES string of the molecule is CCCC(CCC)C(CNCCOC)c1ccc(OC)cc1F. The summed E-state index contributed by atoms with van der Waals surface area (Å²) in [5.74, 6) is 1.07. The summed E-state index contributed by atoms with van der Waals surface area (Å²) >= 11 is 0. The Morgan fingerprint density at radius 1 is 1.13 bits per heavy atom. The van der Waals surface area contributed by atoms with E-state index >= 15 is 0 Å². The first kappa shape index (κ1) is 19.9. The Bertz CT molecular complexity index is 433. The van der Waals surface area contributed by atoms with E-state index in [0.717, 1.165) is 44.3 Å². The van der Waals surface area contributed by atoms with Gasteiger partial charge in [-0.15, -0.1) is 0 Å². The van der Waals surface area contributed by atoms with E-state index in [0.29, 0.717) is 18.3 Å². The van der Waals surface area contributed by atoms with E-state index in [9.17, 15) is 4.39 Å². The summed E-state index contributed by atoms with van der Waals surface area (Å²) in [6.07, 6.45) is 4.49. The molecule has 0 bridgehead atoms. The Kier molecular flexibility index (Phi) is 9.88. The van der Waals surface area contributed by atoms with Gasteiger partial charge in [0.2, 0.25) is 0 Å². The predicted molar refractivity (Wildman–Crippen MR) is 93.7 cm³/mol. The molecule has 0 spiro atoms. The van der Waals surface area contributed by atoms with Crippen LogP contribution in [-0.2, 0) is 4.74 Å². The second-order valence-electron chi connectivity index (χ2n) is 6.03. The highest BCUT2D eigenvalue weighted by atomic mass is 19.1. The summed E-state index contributed by atoms with van der Waals surface area (Å²) in [6, 6.07) is 5.23. The standard InChI is InChI=1S/C19H32FNO2/c1-5-7-15(8-6-2)18(14-21-11-12-22-3)17-10-9-16(23-4)13-19(17)20/h9-10,13,15,18,21H,5-8,11-12,14H2,1-4H3. The minimum absolute atomic E-state index is 0.167. The second-order valence-corrected chi connectivity index (χ2v) is 6.03. The van der Waals surface area contributed by atoms with Crippen molar-refractivity contribution in [3.63, 3.8) is 0 Å². The lowest BCUT2D eigenvalue weighted by molar-refractivity contribution is 0.197. The molecule has 0 aromatic heterocycles. The van der Waals surface area contributed by atoms with Crippen molar-refractivity contribution < 1.29 is 13.9 Å². The van der Waals surface area contributed by atoms with E-state index in [-0.39, 0.29) is 11.7 Å². The molecule has 0 aliphatic carbocycles. The summed E-state index contributed by atoms with van der Waals surface area (Å²) in [5, 5.41) is 3.42. The van der Waals surface area contributed by atoms with Crippen molar-refractivity contribution in [1.29, 1.82) is 0 Å². The number of nitrogens with one attached hydrogen (secondary N) is 1. The Morgan fingerprint density at radius 3 is 2.35 bits per heavy atom. The van der Waals surface area contributed by atoms with E-state index in [1.165, 1.54) is 6.07 Å². The number of benzene rings is 1. The fraction of sp³-hybridized carbons (Fsp3) is 0.684. The minimum Gasteiger partial charge on any atom is -0.497 e. The third kappa shape index (κ3) is 6.48. The summed E-state index contributed by atoms with van der Waals surface area (Å²) in [4.78, 5) is 0. The molecule has 0 aliphatic heterocycles. The molecule has 0 saturated heterocycles. The Labute approximate surface area is 140 Å². The first-order valence-electron chi connectivity index (χ1n) is 8.70. The maximum Gasteiger partial charge on any atom is 0.130 e. The van der Waals surface area contributed by atoms with E-state index in [2.05, 4.69) is 19.2 Å². The van der Waals surface area contributed by atoms with Gasteiger partial charge in [-0.3, -0.25) is 0 Å². The molecule has 1 N–H and O–H groups in total. The lowest BCUT2D eigenvalue weighted by Crippen LogP contribution is -2.29. The third-order valence-electron chi connectivity index (χ3n) is 4.34. The highest BCUT2D eigenvalue weighted by Gasteiger charge is 2.24. The van der Waals surface area contributed by atoms with Crippen LogP contribution in [0.5, 0.6) is 5.75 Å². The fourth-order valence-electron chi connectivity index (χ4n) is 3.19. The number of halogens is 1. The maximum atomic E-state index is 14.6. The molecule has 1 unspecified atom stereocenters. The average molecular weight is 325 g/mol. The van der Waals surface area contributed by atoms with Crippen molar-refractivity contribution in [3.8, 4) is 5.75 Å². The first-order chi connectivity index (χ1) is 11.2. The zero-order chi connectivity index (χ0) is 17.1. The van der Waals surface area contributed by atoms with E-state index in [1.807, 2.05) is 12.1 Å². The lowest BCUT2D eigenvalue weighted by Gasteiger charge is -2.28. The molecule has 132 valence electrons. The maximum absolute atomic E-state index is 14.6. The highest BCUT2D eigenvalue weighted by Crippen LogP contribution is 2.34.